The van der Waals surface area contributed by atoms with E-state index in [1.807, 2.05) is 0 Å². The molecule has 4 heteroatoms. The molecule has 0 aromatic heterocycles. The maximum Gasteiger partial charge on any atom is 0.402 e. The van der Waals surface area contributed by atoms with Gasteiger partial charge in [-0.2, -0.15) is 0 Å². The number of amides is 1. The highest BCUT2D eigenvalue weighted by molar-refractivity contribution is 5.61. The Kier molecular flexibility index (Phi) is 5.86. The van der Waals surface area contributed by atoms with Crippen molar-refractivity contribution in [1.29, 1.82) is 0 Å². The summed E-state index contributed by atoms with van der Waals surface area (Å²) in [5, 5.41) is 7.19. The van der Waals surface area contributed by atoms with Crippen LogP contribution in [0.4, 0.5) is 4.79 Å². The maximum atomic E-state index is 8.78. The van der Waals surface area contributed by atoms with Gasteiger partial charge in [-0.3, -0.25) is 0 Å². The van der Waals surface area contributed by atoms with Gasteiger partial charge in [-0.05, 0) is 19.3 Å². The smallest absolute Gasteiger partial charge is 0.402 e. The molecule has 10 heavy (non-hydrogen) atoms. The van der Waals surface area contributed by atoms with E-state index >= 15 is 0 Å². The third-order valence-corrected chi connectivity index (χ3v) is 1.08. The molecule has 0 aliphatic carbocycles. The number of hydrogen-bond donors (Lipinski definition) is 2. The van der Waals surface area contributed by atoms with E-state index in [2.05, 4.69) is 5.73 Å². The third-order valence-electron chi connectivity index (χ3n) is 1.08. The Morgan fingerprint density at radius 1 is 1.30 bits per heavy atom. The first-order chi connectivity index (χ1) is 4.73. The standard InChI is InChI=1S/C5H10O.CH3NO2/c1-2-4-6-5-3-1;2-1(3)4/h1-5H2;2H2,(H,3,4). The van der Waals surface area contributed by atoms with E-state index in [1.54, 1.807) is 0 Å². The molecule has 3 N–H and O–H groups in total. The number of ether oxygens (including phenoxy) is 1. The van der Waals surface area contributed by atoms with Gasteiger partial charge in [0, 0.05) is 13.2 Å². The van der Waals surface area contributed by atoms with Gasteiger partial charge in [0.05, 0.1) is 0 Å². The summed E-state index contributed by atoms with van der Waals surface area (Å²) in [5.74, 6) is 0. The predicted molar refractivity (Wildman–Crippen MR) is 36.9 cm³/mol. The first-order valence-electron chi connectivity index (χ1n) is 3.29. The van der Waals surface area contributed by atoms with Crippen LogP contribution in [0.15, 0.2) is 0 Å². The summed E-state index contributed by atoms with van der Waals surface area (Å²) in [6.07, 6.45) is 2.60. The lowest BCUT2D eigenvalue weighted by atomic mass is 10.2. The highest BCUT2D eigenvalue weighted by Crippen LogP contribution is 2.02. The Bertz CT molecular complexity index is 75.5. The van der Waals surface area contributed by atoms with E-state index in [1.165, 1.54) is 19.3 Å². The van der Waals surface area contributed by atoms with Crippen LogP contribution < -0.4 is 5.73 Å². The monoisotopic (exact) mass is 147 g/mol. The zero-order valence-electron chi connectivity index (χ0n) is 5.88. The molecule has 0 aromatic carbocycles. The van der Waals surface area contributed by atoms with Gasteiger partial charge in [-0.15, -0.1) is 0 Å². The molecule has 0 spiro atoms. The van der Waals surface area contributed by atoms with Crippen LogP contribution in [0.2, 0.25) is 0 Å². The zero-order valence-corrected chi connectivity index (χ0v) is 5.88. The first kappa shape index (κ1) is 9.23. The molecule has 1 fully saturated rings. The number of hydrogen-bond acceptors (Lipinski definition) is 2. The molecule has 0 radical (unpaired) electrons. The van der Waals surface area contributed by atoms with Gasteiger partial charge in [-0.1, -0.05) is 0 Å². The first-order valence-corrected chi connectivity index (χ1v) is 3.29. The van der Waals surface area contributed by atoms with Crippen LogP contribution in [0.5, 0.6) is 0 Å². The van der Waals surface area contributed by atoms with Crippen LogP contribution in [0, 0.1) is 0 Å². The van der Waals surface area contributed by atoms with E-state index in [0.29, 0.717) is 0 Å². The fraction of sp³-hybridized carbons (Fsp3) is 0.833. The van der Waals surface area contributed by atoms with Gasteiger partial charge in [-0.25, -0.2) is 4.79 Å². The number of nitrogens with two attached hydrogens (primary N) is 1. The van der Waals surface area contributed by atoms with Crippen LogP contribution >= 0.6 is 0 Å². The van der Waals surface area contributed by atoms with Crippen molar-refractivity contribution < 1.29 is 14.6 Å². The molecule has 60 valence electrons. The second-order valence-corrected chi connectivity index (χ2v) is 2.01. The third kappa shape index (κ3) is 10.3. The second kappa shape index (κ2) is 6.35. The average Bonchev–Trinajstić information content (AvgIpc) is 1.90. The van der Waals surface area contributed by atoms with E-state index < -0.39 is 6.09 Å². The van der Waals surface area contributed by atoms with Crippen molar-refractivity contribution in [3.8, 4) is 0 Å². The second-order valence-electron chi connectivity index (χ2n) is 2.01. The lowest BCUT2D eigenvalue weighted by Gasteiger charge is -2.08. The van der Waals surface area contributed by atoms with Crippen molar-refractivity contribution >= 4 is 6.09 Å². The molecule has 0 atom stereocenters. The Balaban J connectivity index is 0.000000180. The molecular weight excluding hydrogens is 134 g/mol. The normalized spacial score (nSPS) is 16.8. The summed E-state index contributed by atoms with van der Waals surface area (Å²) >= 11 is 0. The lowest BCUT2D eigenvalue weighted by molar-refractivity contribution is 0.0968. The summed E-state index contributed by atoms with van der Waals surface area (Å²) < 4.78 is 5.07. The molecule has 1 aliphatic heterocycles. The van der Waals surface area contributed by atoms with Gasteiger partial charge in [0.15, 0.2) is 0 Å². The summed E-state index contributed by atoms with van der Waals surface area (Å²) in [4.78, 5) is 8.78. The van der Waals surface area contributed by atoms with Gasteiger partial charge in [0.25, 0.3) is 0 Å². The number of primary amides is 1. The molecule has 1 amide bonds. The molecule has 1 heterocycles. The van der Waals surface area contributed by atoms with Crippen LogP contribution in [0.3, 0.4) is 0 Å². The minimum atomic E-state index is -1.33. The van der Waals surface area contributed by atoms with Crippen LogP contribution in [-0.4, -0.2) is 24.4 Å². The van der Waals surface area contributed by atoms with Crippen LogP contribution in [-0.2, 0) is 4.74 Å². The summed E-state index contributed by atoms with van der Waals surface area (Å²) in [5.41, 5.74) is 4.03. The quantitative estimate of drug-likeness (QED) is 0.532. The van der Waals surface area contributed by atoms with E-state index in [0.717, 1.165) is 13.2 Å². The van der Waals surface area contributed by atoms with Gasteiger partial charge < -0.3 is 15.6 Å². The lowest BCUT2D eigenvalue weighted by Crippen LogP contribution is -2.03. The van der Waals surface area contributed by atoms with Gasteiger partial charge in [0.2, 0.25) is 0 Å². The fourth-order valence-electron chi connectivity index (χ4n) is 0.687. The predicted octanol–water partition coefficient (Wildman–Crippen LogP) is 0.810. The number of rotatable bonds is 0. The molecular formula is C6H13NO3. The Morgan fingerprint density at radius 3 is 1.80 bits per heavy atom. The van der Waals surface area contributed by atoms with Crippen molar-refractivity contribution in [1.82, 2.24) is 0 Å². The SMILES string of the molecule is C1CCOCC1.NC(=O)O. The van der Waals surface area contributed by atoms with E-state index in [9.17, 15) is 0 Å². The minimum Gasteiger partial charge on any atom is -0.465 e. The topological polar surface area (TPSA) is 72.5 Å². The molecule has 4 nitrogen and oxygen atoms in total. The molecule has 1 aliphatic rings. The fourth-order valence-corrected chi connectivity index (χ4v) is 0.687. The van der Waals surface area contributed by atoms with E-state index in [-0.39, 0.29) is 0 Å². The Morgan fingerprint density at radius 2 is 1.70 bits per heavy atom. The van der Waals surface area contributed by atoms with Crippen molar-refractivity contribution in [3.05, 3.63) is 0 Å². The highest BCUT2D eigenvalue weighted by atomic mass is 16.5. The Labute approximate surface area is 60.0 Å². The molecule has 0 unspecified atom stereocenters. The van der Waals surface area contributed by atoms with Crippen LogP contribution in [0.25, 0.3) is 0 Å². The largest absolute Gasteiger partial charge is 0.465 e. The molecule has 1 rings (SSSR count). The van der Waals surface area contributed by atoms with Crippen molar-refractivity contribution in [2.45, 2.75) is 19.3 Å². The minimum absolute atomic E-state index is 1.00. The van der Waals surface area contributed by atoms with Gasteiger partial charge >= 0.3 is 6.09 Å². The number of carbonyl (C=O) groups is 1. The van der Waals surface area contributed by atoms with Crippen molar-refractivity contribution in [3.63, 3.8) is 0 Å². The van der Waals surface area contributed by atoms with Crippen molar-refractivity contribution in [2.24, 2.45) is 5.73 Å². The summed E-state index contributed by atoms with van der Waals surface area (Å²) in [7, 11) is 0. The molecule has 1 saturated heterocycles. The van der Waals surface area contributed by atoms with Crippen molar-refractivity contribution in [2.75, 3.05) is 13.2 Å². The summed E-state index contributed by atoms with van der Waals surface area (Å²) in [6, 6.07) is 0. The van der Waals surface area contributed by atoms with Gasteiger partial charge in [0.1, 0.15) is 0 Å². The van der Waals surface area contributed by atoms with E-state index in [4.69, 9.17) is 14.6 Å². The van der Waals surface area contributed by atoms with Crippen LogP contribution in [0.1, 0.15) is 19.3 Å². The Hall–Kier alpha value is -0.770. The average molecular weight is 147 g/mol. The highest BCUT2D eigenvalue weighted by Gasteiger charge is 1.94. The number of carboxylic acid groups (broad SMARTS) is 1. The summed E-state index contributed by atoms with van der Waals surface area (Å²) in [6.45, 7) is 2.00. The zero-order chi connectivity index (χ0) is 7.82. The molecule has 0 bridgehead atoms. The maximum absolute atomic E-state index is 8.78. The molecule has 0 aromatic rings. The molecule has 0 saturated carbocycles.